The molecule has 2 aromatic rings. The molecule has 1 amide bonds. The highest BCUT2D eigenvalue weighted by Crippen LogP contribution is 2.21. The van der Waals surface area contributed by atoms with E-state index in [0.717, 1.165) is 18.5 Å². The standard InChI is InChI=1S/C20H27N3O3S/c1-15-9-10-16(2)19(13-15)27(25,26)22-18-8-5-7-17(14-18)20(24)21-11-6-12-23(3)4/h5,7-10,13-14,22H,6,11-12H2,1-4H3,(H,21,24). The number of anilines is 1. The molecule has 6 nitrogen and oxygen atoms in total. The summed E-state index contributed by atoms with van der Waals surface area (Å²) >= 11 is 0. The smallest absolute Gasteiger partial charge is 0.262 e. The van der Waals surface area contributed by atoms with Crippen LogP contribution in [0.1, 0.15) is 27.9 Å². The van der Waals surface area contributed by atoms with E-state index in [9.17, 15) is 13.2 Å². The van der Waals surface area contributed by atoms with E-state index in [2.05, 4.69) is 14.9 Å². The van der Waals surface area contributed by atoms with E-state index in [4.69, 9.17) is 0 Å². The second-order valence-electron chi connectivity index (χ2n) is 6.87. The van der Waals surface area contributed by atoms with Crippen LogP contribution < -0.4 is 10.0 Å². The van der Waals surface area contributed by atoms with Gasteiger partial charge in [-0.3, -0.25) is 9.52 Å². The van der Waals surface area contributed by atoms with Crippen LogP contribution in [0.2, 0.25) is 0 Å². The van der Waals surface area contributed by atoms with Crippen molar-refractivity contribution in [2.75, 3.05) is 31.9 Å². The Morgan fingerprint density at radius 3 is 2.52 bits per heavy atom. The van der Waals surface area contributed by atoms with Crippen LogP contribution >= 0.6 is 0 Å². The maximum Gasteiger partial charge on any atom is 0.262 e. The monoisotopic (exact) mass is 389 g/mol. The Morgan fingerprint density at radius 1 is 1.07 bits per heavy atom. The first-order chi connectivity index (χ1) is 12.7. The number of nitrogens with one attached hydrogen (secondary N) is 2. The molecule has 2 aromatic carbocycles. The van der Waals surface area contributed by atoms with Crippen LogP contribution in [0.4, 0.5) is 5.69 Å². The van der Waals surface area contributed by atoms with Crippen molar-refractivity contribution >= 4 is 21.6 Å². The SMILES string of the molecule is Cc1ccc(C)c(S(=O)(=O)Nc2cccc(C(=O)NCCCN(C)C)c2)c1. The third-order valence-electron chi connectivity index (χ3n) is 4.08. The minimum absolute atomic E-state index is 0.221. The van der Waals surface area contributed by atoms with Crippen LogP contribution in [0, 0.1) is 13.8 Å². The van der Waals surface area contributed by atoms with Crippen LogP contribution in [-0.2, 0) is 10.0 Å². The van der Waals surface area contributed by atoms with Gasteiger partial charge in [0.2, 0.25) is 0 Å². The summed E-state index contributed by atoms with van der Waals surface area (Å²) in [6, 6.07) is 11.8. The Hall–Kier alpha value is -2.38. The lowest BCUT2D eigenvalue weighted by Gasteiger charge is -2.13. The van der Waals surface area contributed by atoms with Crippen LogP contribution in [0.15, 0.2) is 47.4 Å². The van der Waals surface area contributed by atoms with Crippen LogP contribution in [0.3, 0.4) is 0 Å². The molecule has 7 heteroatoms. The highest BCUT2D eigenvalue weighted by atomic mass is 32.2. The molecule has 0 saturated heterocycles. The van der Waals surface area contributed by atoms with Crippen molar-refractivity contribution < 1.29 is 13.2 Å². The summed E-state index contributed by atoms with van der Waals surface area (Å²) in [6.07, 6.45) is 0.845. The van der Waals surface area contributed by atoms with Crippen molar-refractivity contribution in [3.63, 3.8) is 0 Å². The molecule has 0 atom stereocenters. The number of benzene rings is 2. The zero-order chi connectivity index (χ0) is 20.0. The van der Waals surface area contributed by atoms with Gasteiger partial charge in [-0.1, -0.05) is 18.2 Å². The van der Waals surface area contributed by atoms with Gasteiger partial charge in [0.15, 0.2) is 0 Å². The summed E-state index contributed by atoms with van der Waals surface area (Å²) in [4.78, 5) is 14.6. The van der Waals surface area contributed by atoms with E-state index < -0.39 is 10.0 Å². The number of sulfonamides is 1. The Balaban J connectivity index is 2.10. The molecule has 0 unspecified atom stereocenters. The summed E-state index contributed by atoms with van der Waals surface area (Å²) in [6.45, 7) is 5.05. The molecule has 0 aliphatic rings. The lowest BCUT2D eigenvalue weighted by Crippen LogP contribution is -2.27. The average molecular weight is 390 g/mol. The quantitative estimate of drug-likeness (QED) is 0.681. The van der Waals surface area contributed by atoms with E-state index in [1.54, 1.807) is 43.3 Å². The summed E-state index contributed by atoms with van der Waals surface area (Å²) in [5.41, 5.74) is 2.31. The summed E-state index contributed by atoms with van der Waals surface area (Å²) in [7, 11) is 0.232. The predicted octanol–water partition coefficient (Wildman–Crippen LogP) is 2.79. The molecule has 0 saturated carbocycles. The van der Waals surface area contributed by atoms with Crippen molar-refractivity contribution in [1.82, 2.24) is 10.2 Å². The van der Waals surface area contributed by atoms with Gasteiger partial charge in [-0.05, 0) is 76.3 Å². The van der Waals surface area contributed by atoms with E-state index >= 15 is 0 Å². The number of nitrogens with zero attached hydrogens (tertiary/aromatic N) is 1. The van der Waals surface area contributed by atoms with Crippen LogP contribution in [0.25, 0.3) is 0 Å². The Morgan fingerprint density at radius 2 is 1.81 bits per heavy atom. The number of carbonyl (C=O) groups is 1. The van der Waals surface area contributed by atoms with Gasteiger partial charge in [-0.2, -0.15) is 0 Å². The Labute approximate surface area is 161 Å². The lowest BCUT2D eigenvalue weighted by atomic mass is 10.2. The molecular formula is C20H27N3O3S. The van der Waals surface area contributed by atoms with Gasteiger partial charge in [0, 0.05) is 17.8 Å². The maximum atomic E-state index is 12.7. The molecule has 0 aliphatic carbocycles. The number of hydrogen-bond acceptors (Lipinski definition) is 4. The fourth-order valence-corrected chi connectivity index (χ4v) is 4.01. The van der Waals surface area contributed by atoms with Crippen LogP contribution in [0.5, 0.6) is 0 Å². The van der Waals surface area contributed by atoms with Crippen LogP contribution in [-0.4, -0.2) is 46.4 Å². The molecule has 0 radical (unpaired) electrons. The molecule has 0 spiro atoms. The van der Waals surface area contributed by atoms with E-state index in [0.29, 0.717) is 23.4 Å². The van der Waals surface area contributed by atoms with Gasteiger partial charge in [0.05, 0.1) is 4.90 Å². The van der Waals surface area contributed by atoms with Gasteiger partial charge in [-0.25, -0.2) is 8.42 Å². The number of amides is 1. The highest BCUT2D eigenvalue weighted by molar-refractivity contribution is 7.92. The summed E-state index contributed by atoms with van der Waals surface area (Å²) in [5, 5.41) is 2.85. The molecule has 2 N–H and O–H groups in total. The zero-order valence-corrected chi connectivity index (χ0v) is 17.1. The van der Waals surface area contributed by atoms with Crippen molar-refractivity contribution in [3.8, 4) is 0 Å². The zero-order valence-electron chi connectivity index (χ0n) is 16.2. The van der Waals surface area contributed by atoms with E-state index in [-0.39, 0.29) is 10.8 Å². The molecule has 146 valence electrons. The Kier molecular flexibility index (Phi) is 6.98. The third kappa shape index (κ3) is 6.08. The third-order valence-corrected chi connectivity index (χ3v) is 5.60. The molecule has 2 rings (SSSR count). The van der Waals surface area contributed by atoms with Crippen molar-refractivity contribution in [1.29, 1.82) is 0 Å². The molecule has 27 heavy (non-hydrogen) atoms. The number of rotatable bonds is 8. The minimum Gasteiger partial charge on any atom is -0.352 e. The topological polar surface area (TPSA) is 78.5 Å². The highest BCUT2D eigenvalue weighted by Gasteiger charge is 2.17. The second-order valence-corrected chi connectivity index (χ2v) is 8.52. The summed E-state index contributed by atoms with van der Waals surface area (Å²) in [5.74, 6) is -0.221. The average Bonchev–Trinajstić information content (AvgIpc) is 2.60. The molecular weight excluding hydrogens is 362 g/mol. The van der Waals surface area contributed by atoms with Gasteiger partial charge >= 0.3 is 0 Å². The maximum absolute atomic E-state index is 12.7. The largest absolute Gasteiger partial charge is 0.352 e. The number of hydrogen-bond donors (Lipinski definition) is 2. The number of aryl methyl sites for hydroxylation is 2. The second kappa shape index (κ2) is 9.01. The molecule has 0 aliphatic heterocycles. The van der Waals surface area contributed by atoms with Gasteiger partial charge in [-0.15, -0.1) is 0 Å². The first-order valence-corrected chi connectivity index (χ1v) is 10.3. The molecule has 0 fully saturated rings. The van der Waals surface area contributed by atoms with Gasteiger partial charge < -0.3 is 10.2 Å². The normalized spacial score (nSPS) is 11.4. The number of carbonyl (C=O) groups excluding carboxylic acids is 1. The fourth-order valence-electron chi connectivity index (χ4n) is 2.63. The molecule has 0 heterocycles. The first-order valence-electron chi connectivity index (χ1n) is 8.82. The van der Waals surface area contributed by atoms with Crippen molar-refractivity contribution in [2.24, 2.45) is 0 Å². The van der Waals surface area contributed by atoms with Gasteiger partial charge in [0.1, 0.15) is 0 Å². The Bertz CT molecular complexity index is 908. The molecule has 0 bridgehead atoms. The lowest BCUT2D eigenvalue weighted by molar-refractivity contribution is 0.0952. The first kappa shape index (κ1) is 20.9. The molecule has 0 aromatic heterocycles. The minimum atomic E-state index is -3.73. The van der Waals surface area contributed by atoms with Gasteiger partial charge in [0.25, 0.3) is 15.9 Å². The van der Waals surface area contributed by atoms with E-state index in [1.807, 2.05) is 27.1 Å². The summed E-state index contributed by atoms with van der Waals surface area (Å²) < 4.78 is 28.0. The fraction of sp³-hybridized carbons (Fsp3) is 0.350. The predicted molar refractivity (Wildman–Crippen MR) is 109 cm³/mol. The van der Waals surface area contributed by atoms with Crippen molar-refractivity contribution in [2.45, 2.75) is 25.2 Å². The van der Waals surface area contributed by atoms with Crippen molar-refractivity contribution in [3.05, 3.63) is 59.2 Å². The van der Waals surface area contributed by atoms with E-state index in [1.165, 1.54) is 0 Å².